The van der Waals surface area contributed by atoms with Crippen molar-refractivity contribution in [1.29, 1.82) is 0 Å². The lowest BCUT2D eigenvalue weighted by Crippen LogP contribution is -2.60. The Bertz CT molecular complexity index is 422. The zero-order valence-corrected chi connectivity index (χ0v) is 14.3. The van der Waals surface area contributed by atoms with Crippen LogP contribution in [0.1, 0.15) is 46.7 Å². The fourth-order valence-corrected chi connectivity index (χ4v) is 3.11. The Balaban J connectivity index is 2.09. The Morgan fingerprint density at radius 2 is 2.10 bits per heavy atom. The van der Waals surface area contributed by atoms with E-state index >= 15 is 0 Å². The molecule has 3 heteroatoms. The van der Waals surface area contributed by atoms with Gasteiger partial charge in [0.1, 0.15) is 0 Å². The summed E-state index contributed by atoms with van der Waals surface area (Å²) in [6.07, 6.45) is 3.15. The van der Waals surface area contributed by atoms with Gasteiger partial charge in [0, 0.05) is 37.9 Å². The number of pyridine rings is 1. The zero-order valence-electron chi connectivity index (χ0n) is 14.3. The second kappa shape index (κ2) is 6.89. The van der Waals surface area contributed by atoms with Crippen LogP contribution in [-0.2, 0) is 6.54 Å². The Kier molecular flexibility index (Phi) is 5.39. The quantitative estimate of drug-likeness (QED) is 0.921. The van der Waals surface area contributed by atoms with E-state index in [9.17, 15) is 0 Å². The molecule has 0 aliphatic carbocycles. The van der Waals surface area contributed by atoms with E-state index in [-0.39, 0.29) is 0 Å². The molecule has 2 rings (SSSR count). The molecule has 0 spiro atoms. The van der Waals surface area contributed by atoms with Crippen LogP contribution in [0.15, 0.2) is 24.4 Å². The van der Waals surface area contributed by atoms with Crippen LogP contribution in [0, 0.1) is 11.3 Å². The van der Waals surface area contributed by atoms with Crippen LogP contribution < -0.4 is 5.32 Å². The highest BCUT2D eigenvalue weighted by Gasteiger charge is 2.34. The highest BCUT2D eigenvalue weighted by molar-refractivity contribution is 5.05. The van der Waals surface area contributed by atoms with Gasteiger partial charge in [-0.05, 0) is 29.9 Å². The Labute approximate surface area is 130 Å². The molecule has 2 heterocycles. The first kappa shape index (κ1) is 16.4. The summed E-state index contributed by atoms with van der Waals surface area (Å²) in [5, 5.41) is 3.77. The third-order valence-corrected chi connectivity index (χ3v) is 4.41. The number of hydrogen-bond donors (Lipinski definition) is 1. The van der Waals surface area contributed by atoms with Crippen molar-refractivity contribution in [2.45, 2.75) is 59.7 Å². The van der Waals surface area contributed by atoms with E-state index in [2.05, 4.69) is 62.0 Å². The van der Waals surface area contributed by atoms with E-state index in [1.807, 2.05) is 12.3 Å². The highest BCUT2D eigenvalue weighted by Crippen LogP contribution is 2.26. The molecule has 0 bridgehead atoms. The van der Waals surface area contributed by atoms with Gasteiger partial charge in [-0.15, -0.1) is 0 Å². The molecule has 1 saturated heterocycles. The maximum atomic E-state index is 4.51. The molecule has 1 aliphatic rings. The summed E-state index contributed by atoms with van der Waals surface area (Å²) < 4.78 is 0. The molecule has 2 unspecified atom stereocenters. The zero-order chi connectivity index (χ0) is 15.5. The van der Waals surface area contributed by atoms with E-state index < -0.39 is 0 Å². The minimum Gasteiger partial charge on any atom is -0.311 e. The molecule has 0 aromatic carbocycles. The molecule has 1 aromatic rings. The Morgan fingerprint density at radius 3 is 2.67 bits per heavy atom. The molecule has 0 saturated carbocycles. The Hall–Kier alpha value is -0.930. The summed E-state index contributed by atoms with van der Waals surface area (Å²) in [6.45, 7) is 14.8. The van der Waals surface area contributed by atoms with Gasteiger partial charge in [0.05, 0.1) is 5.69 Å². The van der Waals surface area contributed by atoms with Crippen LogP contribution in [0.3, 0.4) is 0 Å². The standard InChI is InChI=1S/C18H31N3/c1-14(2)10-16-11-20-17(18(3,4)5)13-21(16)12-15-8-6-7-9-19-15/h6-9,14,16-17,20H,10-13H2,1-5H3. The van der Waals surface area contributed by atoms with Crippen LogP contribution >= 0.6 is 0 Å². The summed E-state index contributed by atoms with van der Waals surface area (Å²) in [7, 11) is 0. The summed E-state index contributed by atoms with van der Waals surface area (Å²) in [5.74, 6) is 0.731. The second-order valence-electron chi connectivity index (χ2n) is 7.86. The van der Waals surface area contributed by atoms with Crippen molar-refractivity contribution in [3.8, 4) is 0 Å². The normalized spacial score (nSPS) is 24.5. The molecule has 0 amide bonds. The molecule has 118 valence electrons. The molecular weight excluding hydrogens is 258 g/mol. The predicted octanol–water partition coefficient (Wildman–Crippen LogP) is 3.32. The van der Waals surface area contributed by atoms with Crippen molar-refractivity contribution < 1.29 is 0 Å². The van der Waals surface area contributed by atoms with Gasteiger partial charge in [0.25, 0.3) is 0 Å². The number of hydrogen-bond acceptors (Lipinski definition) is 3. The largest absolute Gasteiger partial charge is 0.311 e. The molecule has 1 aliphatic heterocycles. The van der Waals surface area contributed by atoms with Crippen molar-refractivity contribution in [3.05, 3.63) is 30.1 Å². The van der Waals surface area contributed by atoms with Crippen molar-refractivity contribution in [2.75, 3.05) is 13.1 Å². The van der Waals surface area contributed by atoms with Gasteiger partial charge in [-0.3, -0.25) is 9.88 Å². The lowest BCUT2D eigenvalue weighted by atomic mass is 9.84. The highest BCUT2D eigenvalue weighted by atomic mass is 15.2. The molecule has 0 radical (unpaired) electrons. The molecular formula is C18H31N3. The van der Waals surface area contributed by atoms with Gasteiger partial charge in [-0.1, -0.05) is 40.7 Å². The van der Waals surface area contributed by atoms with E-state index in [1.54, 1.807) is 0 Å². The maximum absolute atomic E-state index is 4.51. The second-order valence-corrected chi connectivity index (χ2v) is 7.86. The van der Waals surface area contributed by atoms with Gasteiger partial charge in [-0.25, -0.2) is 0 Å². The minimum atomic E-state index is 0.297. The third-order valence-electron chi connectivity index (χ3n) is 4.41. The van der Waals surface area contributed by atoms with Crippen LogP contribution in [-0.4, -0.2) is 35.1 Å². The van der Waals surface area contributed by atoms with E-state index in [1.165, 1.54) is 12.1 Å². The number of nitrogens with zero attached hydrogens (tertiary/aromatic N) is 2. The van der Waals surface area contributed by atoms with Gasteiger partial charge in [-0.2, -0.15) is 0 Å². The molecule has 21 heavy (non-hydrogen) atoms. The summed E-state index contributed by atoms with van der Waals surface area (Å²) in [6, 6.07) is 7.38. The fraction of sp³-hybridized carbons (Fsp3) is 0.722. The maximum Gasteiger partial charge on any atom is 0.0544 e. The first-order valence-corrected chi connectivity index (χ1v) is 8.23. The average molecular weight is 289 g/mol. The van der Waals surface area contributed by atoms with Gasteiger partial charge < -0.3 is 5.32 Å². The minimum absolute atomic E-state index is 0.297. The topological polar surface area (TPSA) is 28.2 Å². The van der Waals surface area contributed by atoms with Crippen LogP contribution in [0.2, 0.25) is 0 Å². The van der Waals surface area contributed by atoms with E-state index in [4.69, 9.17) is 0 Å². The summed E-state index contributed by atoms with van der Waals surface area (Å²) in [5.41, 5.74) is 1.48. The Morgan fingerprint density at radius 1 is 1.33 bits per heavy atom. The summed E-state index contributed by atoms with van der Waals surface area (Å²) in [4.78, 5) is 7.15. The molecule has 1 fully saturated rings. The first-order valence-electron chi connectivity index (χ1n) is 8.23. The van der Waals surface area contributed by atoms with Crippen molar-refractivity contribution in [3.63, 3.8) is 0 Å². The number of piperazine rings is 1. The van der Waals surface area contributed by atoms with Crippen molar-refractivity contribution in [2.24, 2.45) is 11.3 Å². The average Bonchev–Trinajstić information content (AvgIpc) is 2.40. The van der Waals surface area contributed by atoms with Gasteiger partial charge in [0.15, 0.2) is 0 Å². The lowest BCUT2D eigenvalue weighted by Gasteiger charge is -2.45. The number of aromatic nitrogens is 1. The molecule has 2 atom stereocenters. The van der Waals surface area contributed by atoms with E-state index in [0.29, 0.717) is 17.5 Å². The molecule has 1 N–H and O–H groups in total. The van der Waals surface area contributed by atoms with Gasteiger partial charge >= 0.3 is 0 Å². The molecule has 1 aromatic heterocycles. The predicted molar refractivity (Wildman–Crippen MR) is 89.1 cm³/mol. The number of rotatable bonds is 4. The third kappa shape index (κ3) is 4.79. The van der Waals surface area contributed by atoms with Crippen LogP contribution in [0.4, 0.5) is 0 Å². The number of nitrogens with one attached hydrogen (secondary N) is 1. The fourth-order valence-electron chi connectivity index (χ4n) is 3.11. The first-order chi connectivity index (χ1) is 9.86. The smallest absolute Gasteiger partial charge is 0.0544 e. The monoisotopic (exact) mass is 289 g/mol. The van der Waals surface area contributed by atoms with Gasteiger partial charge in [0.2, 0.25) is 0 Å². The van der Waals surface area contributed by atoms with Crippen molar-refractivity contribution in [1.82, 2.24) is 15.2 Å². The molecule has 3 nitrogen and oxygen atoms in total. The van der Waals surface area contributed by atoms with Crippen LogP contribution in [0.5, 0.6) is 0 Å². The van der Waals surface area contributed by atoms with E-state index in [0.717, 1.165) is 25.6 Å². The lowest BCUT2D eigenvalue weighted by molar-refractivity contribution is 0.0681. The summed E-state index contributed by atoms with van der Waals surface area (Å²) >= 11 is 0. The van der Waals surface area contributed by atoms with Crippen molar-refractivity contribution >= 4 is 0 Å². The SMILES string of the molecule is CC(C)CC1CNC(C(C)(C)C)CN1Cc1ccccn1. The van der Waals surface area contributed by atoms with Crippen LogP contribution in [0.25, 0.3) is 0 Å².